The largest absolute Gasteiger partial charge is 0.573 e. The standard InChI is InChI=1S/C14H18F3NOS2/c1-2-18-13(12-9-20-6-7-21-12)10-4-3-5-11(8-10)19-14(15,16)17/h3-5,8,12-13,18H,2,6-7,9H2,1H3. The SMILES string of the molecule is CCNC(c1cccc(OC(F)(F)F)c1)C1CSCCS1. The molecule has 118 valence electrons. The minimum atomic E-state index is -4.65. The van der Waals surface area contributed by atoms with Crippen LogP contribution in [0.2, 0.25) is 0 Å². The lowest BCUT2D eigenvalue weighted by Gasteiger charge is -2.30. The molecule has 0 bridgehead atoms. The second kappa shape index (κ2) is 7.65. The highest BCUT2D eigenvalue weighted by atomic mass is 32.2. The average Bonchev–Trinajstić information content (AvgIpc) is 2.44. The molecule has 2 unspecified atom stereocenters. The molecule has 0 amide bonds. The minimum Gasteiger partial charge on any atom is -0.406 e. The molecule has 7 heteroatoms. The van der Waals surface area contributed by atoms with Gasteiger partial charge in [-0.2, -0.15) is 23.5 Å². The van der Waals surface area contributed by atoms with Crippen molar-refractivity contribution in [3.63, 3.8) is 0 Å². The van der Waals surface area contributed by atoms with Crippen molar-refractivity contribution in [3.05, 3.63) is 29.8 Å². The average molecular weight is 337 g/mol. The van der Waals surface area contributed by atoms with E-state index in [0.717, 1.165) is 29.4 Å². The van der Waals surface area contributed by atoms with Crippen molar-refractivity contribution in [2.75, 3.05) is 23.8 Å². The van der Waals surface area contributed by atoms with Gasteiger partial charge in [-0.25, -0.2) is 0 Å². The Labute approximate surface area is 131 Å². The van der Waals surface area contributed by atoms with E-state index in [4.69, 9.17) is 0 Å². The number of benzene rings is 1. The number of ether oxygens (including phenoxy) is 1. The molecule has 0 radical (unpaired) electrons. The van der Waals surface area contributed by atoms with E-state index in [-0.39, 0.29) is 11.8 Å². The summed E-state index contributed by atoms with van der Waals surface area (Å²) < 4.78 is 41.0. The molecule has 0 saturated carbocycles. The first-order valence-electron chi connectivity index (χ1n) is 6.78. The van der Waals surface area contributed by atoms with Crippen LogP contribution in [0.5, 0.6) is 5.75 Å². The summed E-state index contributed by atoms with van der Waals surface area (Å²) in [7, 11) is 0. The predicted molar refractivity (Wildman–Crippen MR) is 83.1 cm³/mol. The van der Waals surface area contributed by atoms with Crippen molar-refractivity contribution in [1.29, 1.82) is 0 Å². The maximum absolute atomic E-state index is 12.3. The smallest absolute Gasteiger partial charge is 0.406 e. The Hall–Kier alpha value is -0.530. The predicted octanol–water partition coefficient (Wildman–Crippen LogP) is 4.08. The summed E-state index contributed by atoms with van der Waals surface area (Å²) in [5.41, 5.74) is 0.846. The van der Waals surface area contributed by atoms with Gasteiger partial charge in [-0.1, -0.05) is 19.1 Å². The van der Waals surface area contributed by atoms with E-state index in [0.29, 0.717) is 5.25 Å². The number of alkyl halides is 3. The number of rotatable bonds is 5. The first kappa shape index (κ1) is 16.8. The molecule has 0 aromatic heterocycles. The molecule has 2 nitrogen and oxygen atoms in total. The molecular weight excluding hydrogens is 319 g/mol. The van der Waals surface area contributed by atoms with Crippen LogP contribution in [0.3, 0.4) is 0 Å². The van der Waals surface area contributed by atoms with Crippen molar-refractivity contribution < 1.29 is 17.9 Å². The van der Waals surface area contributed by atoms with Crippen LogP contribution in [-0.4, -0.2) is 35.4 Å². The lowest BCUT2D eigenvalue weighted by atomic mass is 10.0. The van der Waals surface area contributed by atoms with Crippen LogP contribution in [0.1, 0.15) is 18.5 Å². The molecule has 0 spiro atoms. The van der Waals surface area contributed by atoms with Crippen molar-refractivity contribution in [2.45, 2.75) is 24.6 Å². The van der Waals surface area contributed by atoms with Crippen LogP contribution < -0.4 is 10.1 Å². The molecule has 1 aromatic carbocycles. The summed E-state index contributed by atoms with van der Waals surface area (Å²) in [4.78, 5) is 0. The van der Waals surface area contributed by atoms with Gasteiger partial charge in [0.05, 0.1) is 0 Å². The number of thioether (sulfide) groups is 2. The van der Waals surface area contributed by atoms with Crippen molar-refractivity contribution in [3.8, 4) is 5.75 Å². The summed E-state index contributed by atoms with van der Waals surface area (Å²) >= 11 is 3.77. The highest BCUT2D eigenvalue weighted by molar-refractivity contribution is 8.06. The van der Waals surface area contributed by atoms with Gasteiger partial charge in [0.2, 0.25) is 0 Å². The Balaban J connectivity index is 2.17. The summed E-state index contributed by atoms with van der Waals surface area (Å²) in [6, 6.07) is 6.34. The van der Waals surface area contributed by atoms with Gasteiger partial charge in [-0.3, -0.25) is 0 Å². The Morgan fingerprint density at radius 1 is 1.38 bits per heavy atom. The number of nitrogens with one attached hydrogen (secondary N) is 1. The number of hydrogen-bond donors (Lipinski definition) is 1. The molecule has 2 rings (SSSR count). The molecular formula is C14H18F3NOS2. The summed E-state index contributed by atoms with van der Waals surface area (Å²) in [5, 5.41) is 3.75. The molecule has 2 atom stereocenters. The Morgan fingerprint density at radius 3 is 2.81 bits per heavy atom. The van der Waals surface area contributed by atoms with Gasteiger partial charge in [0, 0.05) is 28.6 Å². The number of halogens is 3. The zero-order valence-corrected chi connectivity index (χ0v) is 13.3. The van der Waals surface area contributed by atoms with Gasteiger partial charge in [-0.05, 0) is 24.2 Å². The van der Waals surface area contributed by atoms with E-state index in [1.54, 1.807) is 6.07 Å². The van der Waals surface area contributed by atoms with E-state index in [9.17, 15) is 13.2 Å². The van der Waals surface area contributed by atoms with Gasteiger partial charge in [0.1, 0.15) is 5.75 Å². The van der Waals surface area contributed by atoms with Crippen LogP contribution in [0.25, 0.3) is 0 Å². The van der Waals surface area contributed by atoms with E-state index in [1.165, 1.54) is 12.1 Å². The molecule has 1 N–H and O–H groups in total. The van der Waals surface area contributed by atoms with Crippen LogP contribution in [0, 0.1) is 0 Å². The fraction of sp³-hybridized carbons (Fsp3) is 0.571. The number of hydrogen-bond acceptors (Lipinski definition) is 4. The van der Waals surface area contributed by atoms with Crippen molar-refractivity contribution in [1.82, 2.24) is 5.32 Å². The summed E-state index contributed by atoms with van der Waals surface area (Å²) in [5.74, 6) is 3.07. The van der Waals surface area contributed by atoms with Crippen molar-refractivity contribution >= 4 is 23.5 Å². The lowest BCUT2D eigenvalue weighted by molar-refractivity contribution is -0.274. The molecule has 1 aromatic rings. The van der Waals surface area contributed by atoms with Gasteiger partial charge < -0.3 is 10.1 Å². The first-order valence-corrected chi connectivity index (χ1v) is 8.98. The molecule has 1 aliphatic rings. The molecule has 1 aliphatic heterocycles. The first-order chi connectivity index (χ1) is 9.99. The van der Waals surface area contributed by atoms with E-state index < -0.39 is 6.36 Å². The molecule has 1 heterocycles. The third-order valence-electron chi connectivity index (χ3n) is 3.09. The molecule has 1 saturated heterocycles. The Kier molecular flexibility index (Phi) is 6.13. The van der Waals surface area contributed by atoms with Gasteiger partial charge in [0.25, 0.3) is 0 Å². The Bertz CT molecular complexity index is 450. The quantitative estimate of drug-likeness (QED) is 0.873. The minimum absolute atomic E-state index is 0.0459. The van der Waals surface area contributed by atoms with Crippen molar-refractivity contribution in [2.24, 2.45) is 0 Å². The van der Waals surface area contributed by atoms with Crippen LogP contribution in [-0.2, 0) is 0 Å². The lowest BCUT2D eigenvalue weighted by Crippen LogP contribution is -2.33. The summed E-state index contributed by atoms with van der Waals surface area (Å²) in [6.07, 6.45) is -4.65. The van der Waals surface area contributed by atoms with E-state index in [1.807, 2.05) is 36.5 Å². The second-order valence-corrected chi connectivity index (χ2v) is 7.14. The fourth-order valence-corrected chi connectivity index (χ4v) is 5.16. The third kappa shape index (κ3) is 5.30. The van der Waals surface area contributed by atoms with Gasteiger partial charge >= 0.3 is 6.36 Å². The highest BCUT2D eigenvalue weighted by Crippen LogP contribution is 2.35. The fourth-order valence-electron chi connectivity index (χ4n) is 2.29. The monoisotopic (exact) mass is 337 g/mol. The second-order valence-electron chi connectivity index (χ2n) is 4.64. The van der Waals surface area contributed by atoms with Gasteiger partial charge in [-0.15, -0.1) is 13.2 Å². The van der Waals surface area contributed by atoms with Gasteiger partial charge in [0.15, 0.2) is 0 Å². The van der Waals surface area contributed by atoms with Crippen LogP contribution in [0.4, 0.5) is 13.2 Å². The highest BCUT2D eigenvalue weighted by Gasteiger charge is 2.32. The zero-order chi connectivity index (χ0) is 15.3. The van der Waals surface area contributed by atoms with E-state index >= 15 is 0 Å². The molecule has 21 heavy (non-hydrogen) atoms. The van der Waals surface area contributed by atoms with Crippen LogP contribution in [0.15, 0.2) is 24.3 Å². The zero-order valence-electron chi connectivity index (χ0n) is 11.7. The van der Waals surface area contributed by atoms with Crippen LogP contribution >= 0.6 is 23.5 Å². The summed E-state index contributed by atoms with van der Waals surface area (Å²) in [6.45, 7) is 2.78. The molecule has 0 aliphatic carbocycles. The third-order valence-corrected chi connectivity index (χ3v) is 5.95. The Morgan fingerprint density at radius 2 is 2.19 bits per heavy atom. The molecule has 1 fully saturated rings. The topological polar surface area (TPSA) is 21.3 Å². The maximum Gasteiger partial charge on any atom is 0.573 e. The maximum atomic E-state index is 12.3. The normalized spacial score (nSPS) is 21.0. The van der Waals surface area contributed by atoms with E-state index in [2.05, 4.69) is 10.1 Å².